The molecule has 1 amide bonds. The molecule has 15 heavy (non-hydrogen) atoms. The summed E-state index contributed by atoms with van der Waals surface area (Å²) in [7, 11) is 1.60. The second-order valence-electron chi connectivity index (χ2n) is 2.85. The van der Waals surface area contributed by atoms with Gasteiger partial charge in [-0.25, -0.2) is 0 Å². The van der Waals surface area contributed by atoms with Gasteiger partial charge in [-0.2, -0.15) is 0 Å². The fourth-order valence-corrected chi connectivity index (χ4v) is 1.20. The lowest BCUT2D eigenvalue weighted by Gasteiger charge is -2.05. The largest absolute Gasteiger partial charge is 0.398 e. The molecule has 0 aromatic heterocycles. The molecule has 0 heterocycles. The Labute approximate surface area is 91.7 Å². The molecule has 0 unspecified atom stereocenters. The van der Waals surface area contributed by atoms with Gasteiger partial charge in [-0.3, -0.25) is 4.79 Å². The lowest BCUT2D eigenvalue weighted by atomic mass is 10.1. The van der Waals surface area contributed by atoms with E-state index >= 15 is 0 Å². The Bertz CT molecular complexity index is 321. The third-order valence-electron chi connectivity index (χ3n) is 2.02. The van der Waals surface area contributed by atoms with Gasteiger partial charge < -0.3 is 11.1 Å². The Balaban J connectivity index is 0.000000921. The van der Waals surface area contributed by atoms with Crippen LogP contribution in [-0.2, 0) is 6.42 Å². The van der Waals surface area contributed by atoms with Crippen LogP contribution in [0.5, 0.6) is 0 Å². The summed E-state index contributed by atoms with van der Waals surface area (Å²) in [6.07, 6.45) is 0.889. The molecule has 0 aliphatic rings. The number of aryl methyl sites for hydroxylation is 1. The van der Waals surface area contributed by atoms with Gasteiger partial charge in [-0.05, 0) is 24.1 Å². The molecule has 1 aromatic carbocycles. The molecule has 0 spiro atoms. The average Bonchev–Trinajstić information content (AvgIpc) is 2.30. The minimum absolute atomic E-state index is 0.102. The molecule has 3 nitrogen and oxygen atoms in total. The molecule has 0 radical (unpaired) electrons. The van der Waals surface area contributed by atoms with Crippen molar-refractivity contribution < 1.29 is 4.79 Å². The number of carbonyl (C=O) groups excluding carboxylic acids is 1. The van der Waals surface area contributed by atoms with Gasteiger partial charge >= 0.3 is 0 Å². The second kappa shape index (κ2) is 6.87. The van der Waals surface area contributed by atoms with Gasteiger partial charge in [-0.1, -0.05) is 26.8 Å². The molecule has 1 rings (SSSR count). The minimum Gasteiger partial charge on any atom is -0.398 e. The van der Waals surface area contributed by atoms with E-state index in [4.69, 9.17) is 5.73 Å². The number of rotatable bonds is 2. The quantitative estimate of drug-likeness (QED) is 0.732. The first-order valence-corrected chi connectivity index (χ1v) is 5.29. The van der Waals surface area contributed by atoms with Crippen LogP contribution in [-0.4, -0.2) is 13.0 Å². The highest BCUT2D eigenvalue weighted by atomic mass is 16.1. The van der Waals surface area contributed by atoms with Gasteiger partial charge in [0.15, 0.2) is 0 Å². The maximum Gasteiger partial charge on any atom is 0.251 e. The molecule has 0 saturated carbocycles. The SMILES string of the molecule is CC.CCc1ccc(C(=O)NC)cc1N. The van der Waals surface area contributed by atoms with E-state index in [1.165, 1.54) is 0 Å². The molecule has 84 valence electrons. The first kappa shape index (κ1) is 13.5. The van der Waals surface area contributed by atoms with Crippen molar-refractivity contribution in [1.29, 1.82) is 0 Å². The number of hydrogen-bond donors (Lipinski definition) is 2. The highest BCUT2D eigenvalue weighted by Crippen LogP contribution is 2.14. The maximum absolute atomic E-state index is 11.2. The van der Waals surface area contributed by atoms with Crippen molar-refractivity contribution in [2.75, 3.05) is 12.8 Å². The Morgan fingerprint density at radius 1 is 1.40 bits per heavy atom. The summed E-state index contributed by atoms with van der Waals surface area (Å²) in [4.78, 5) is 11.2. The van der Waals surface area contributed by atoms with E-state index in [0.717, 1.165) is 12.0 Å². The predicted octanol–water partition coefficient (Wildman–Crippen LogP) is 2.22. The number of anilines is 1. The standard InChI is InChI=1S/C10H14N2O.C2H6/c1-3-7-4-5-8(6-9(7)11)10(13)12-2;1-2/h4-6H,3,11H2,1-2H3,(H,12,13);1-2H3. The summed E-state index contributed by atoms with van der Waals surface area (Å²) >= 11 is 0. The van der Waals surface area contributed by atoms with Crippen LogP contribution in [0.15, 0.2) is 18.2 Å². The van der Waals surface area contributed by atoms with Crippen molar-refractivity contribution in [3.05, 3.63) is 29.3 Å². The fraction of sp³-hybridized carbons (Fsp3) is 0.417. The molecule has 0 saturated heterocycles. The lowest BCUT2D eigenvalue weighted by Crippen LogP contribution is -2.18. The highest BCUT2D eigenvalue weighted by Gasteiger charge is 2.04. The number of hydrogen-bond acceptors (Lipinski definition) is 2. The lowest BCUT2D eigenvalue weighted by molar-refractivity contribution is 0.0963. The van der Waals surface area contributed by atoms with Gasteiger partial charge in [0.1, 0.15) is 0 Å². The van der Waals surface area contributed by atoms with Crippen LogP contribution in [0.2, 0.25) is 0 Å². The van der Waals surface area contributed by atoms with Crippen LogP contribution in [0.1, 0.15) is 36.7 Å². The molecule has 0 fully saturated rings. The third kappa shape index (κ3) is 3.62. The Hall–Kier alpha value is -1.51. The average molecular weight is 208 g/mol. The van der Waals surface area contributed by atoms with Gasteiger partial charge in [0.2, 0.25) is 0 Å². The monoisotopic (exact) mass is 208 g/mol. The van der Waals surface area contributed by atoms with E-state index in [9.17, 15) is 4.79 Å². The molecule has 3 heteroatoms. The van der Waals surface area contributed by atoms with Crippen molar-refractivity contribution >= 4 is 11.6 Å². The molecule has 0 aliphatic heterocycles. The molecular weight excluding hydrogens is 188 g/mol. The van der Waals surface area contributed by atoms with Crippen LogP contribution < -0.4 is 11.1 Å². The Morgan fingerprint density at radius 3 is 2.40 bits per heavy atom. The summed E-state index contributed by atoms with van der Waals surface area (Å²) in [5.41, 5.74) is 8.11. The van der Waals surface area contributed by atoms with E-state index in [1.807, 2.05) is 26.8 Å². The zero-order valence-corrected chi connectivity index (χ0v) is 9.92. The van der Waals surface area contributed by atoms with Crippen LogP contribution in [0.3, 0.4) is 0 Å². The first-order valence-electron chi connectivity index (χ1n) is 5.29. The van der Waals surface area contributed by atoms with Crippen molar-refractivity contribution in [2.45, 2.75) is 27.2 Å². The first-order chi connectivity index (χ1) is 7.19. The summed E-state index contributed by atoms with van der Waals surface area (Å²) in [5, 5.41) is 2.55. The van der Waals surface area contributed by atoms with Gasteiger partial charge in [0, 0.05) is 18.3 Å². The minimum atomic E-state index is -0.102. The predicted molar refractivity (Wildman–Crippen MR) is 65.0 cm³/mol. The number of amides is 1. The van der Waals surface area contributed by atoms with Crippen molar-refractivity contribution in [2.24, 2.45) is 0 Å². The normalized spacial score (nSPS) is 8.80. The number of nitrogen functional groups attached to an aromatic ring is 1. The van der Waals surface area contributed by atoms with E-state index in [-0.39, 0.29) is 5.91 Å². The summed E-state index contributed by atoms with van der Waals surface area (Å²) in [6, 6.07) is 5.38. The van der Waals surface area contributed by atoms with Gasteiger partial charge in [0.05, 0.1) is 0 Å². The van der Waals surface area contributed by atoms with E-state index < -0.39 is 0 Å². The smallest absolute Gasteiger partial charge is 0.251 e. The molecular formula is C12H20N2O. The maximum atomic E-state index is 11.2. The third-order valence-corrected chi connectivity index (χ3v) is 2.02. The van der Waals surface area contributed by atoms with E-state index in [1.54, 1.807) is 19.2 Å². The zero-order valence-electron chi connectivity index (χ0n) is 9.92. The van der Waals surface area contributed by atoms with Crippen LogP contribution in [0, 0.1) is 0 Å². The fourth-order valence-electron chi connectivity index (χ4n) is 1.20. The van der Waals surface area contributed by atoms with Crippen molar-refractivity contribution in [3.8, 4) is 0 Å². The van der Waals surface area contributed by atoms with Crippen LogP contribution in [0.4, 0.5) is 5.69 Å². The molecule has 3 N–H and O–H groups in total. The van der Waals surface area contributed by atoms with Crippen LogP contribution in [0.25, 0.3) is 0 Å². The summed E-state index contributed by atoms with van der Waals surface area (Å²) in [6.45, 7) is 6.03. The van der Waals surface area contributed by atoms with Gasteiger partial charge in [-0.15, -0.1) is 0 Å². The van der Waals surface area contributed by atoms with Crippen molar-refractivity contribution in [1.82, 2.24) is 5.32 Å². The molecule has 0 bridgehead atoms. The van der Waals surface area contributed by atoms with E-state index in [2.05, 4.69) is 5.32 Å². The zero-order chi connectivity index (χ0) is 11.8. The molecule has 1 aromatic rings. The van der Waals surface area contributed by atoms with Gasteiger partial charge in [0.25, 0.3) is 5.91 Å². The Kier molecular flexibility index (Phi) is 6.18. The topological polar surface area (TPSA) is 55.1 Å². The number of nitrogens with two attached hydrogens (primary N) is 1. The van der Waals surface area contributed by atoms with Crippen LogP contribution >= 0.6 is 0 Å². The number of benzene rings is 1. The molecule has 0 aliphatic carbocycles. The second-order valence-corrected chi connectivity index (χ2v) is 2.85. The Morgan fingerprint density at radius 2 is 2.00 bits per heavy atom. The highest BCUT2D eigenvalue weighted by molar-refractivity contribution is 5.95. The summed E-state index contributed by atoms with van der Waals surface area (Å²) < 4.78 is 0. The van der Waals surface area contributed by atoms with Crippen molar-refractivity contribution in [3.63, 3.8) is 0 Å². The number of nitrogens with one attached hydrogen (secondary N) is 1. The number of carbonyl (C=O) groups is 1. The summed E-state index contributed by atoms with van der Waals surface area (Å²) in [5.74, 6) is -0.102. The molecule has 0 atom stereocenters. The van der Waals surface area contributed by atoms with E-state index in [0.29, 0.717) is 11.3 Å².